The van der Waals surface area contributed by atoms with Crippen LogP contribution in [-0.4, -0.2) is 44.3 Å². The molecule has 7 nitrogen and oxygen atoms in total. The summed E-state index contributed by atoms with van der Waals surface area (Å²) < 4.78 is 28.6. The summed E-state index contributed by atoms with van der Waals surface area (Å²) in [5.41, 5.74) is 1.76. The highest BCUT2D eigenvalue weighted by Gasteiger charge is 2.32. The van der Waals surface area contributed by atoms with Gasteiger partial charge < -0.3 is 10.2 Å². The number of likely N-dealkylation sites (N-methyl/N-ethyl adjacent to an activating group) is 1. The Morgan fingerprint density at radius 1 is 0.947 bits per heavy atom. The fraction of sp³-hybridized carbons (Fsp3) is 0.259. The first kappa shape index (κ1) is 29.8. The van der Waals surface area contributed by atoms with E-state index in [2.05, 4.69) is 5.32 Å². The van der Waals surface area contributed by atoms with E-state index in [1.807, 2.05) is 13.0 Å². The normalized spacial score (nSPS) is 12.1. The van der Waals surface area contributed by atoms with Crippen LogP contribution in [0.2, 0.25) is 15.1 Å². The molecule has 2 amide bonds. The van der Waals surface area contributed by atoms with Gasteiger partial charge in [0, 0.05) is 18.1 Å². The van der Waals surface area contributed by atoms with E-state index in [4.69, 9.17) is 34.8 Å². The zero-order valence-corrected chi connectivity index (χ0v) is 24.2. The number of hydrogen-bond acceptors (Lipinski definition) is 4. The molecule has 0 spiro atoms. The summed E-state index contributed by atoms with van der Waals surface area (Å²) in [6.45, 7) is 5.03. The fourth-order valence-electron chi connectivity index (χ4n) is 3.78. The predicted molar refractivity (Wildman–Crippen MR) is 152 cm³/mol. The maximum atomic E-state index is 13.8. The van der Waals surface area contributed by atoms with Crippen LogP contribution in [0.5, 0.6) is 0 Å². The van der Waals surface area contributed by atoms with Crippen LogP contribution in [0.3, 0.4) is 0 Å². The van der Waals surface area contributed by atoms with Gasteiger partial charge in [-0.2, -0.15) is 0 Å². The van der Waals surface area contributed by atoms with Crippen LogP contribution in [0.15, 0.2) is 71.6 Å². The third kappa shape index (κ3) is 7.20. The summed E-state index contributed by atoms with van der Waals surface area (Å²) in [5, 5.41) is 3.75. The summed E-state index contributed by atoms with van der Waals surface area (Å²) in [7, 11) is -4.17. The lowest BCUT2D eigenvalue weighted by atomic mass is 10.1. The minimum atomic E-state index is -4.17. The van der Waals surface area contributed by atoms with E-state index in [0.29, 0.717) is 32.9 Å². The van der Waals surface area contributed by atoms with Gasteiger partial charge in [-0.1, -0.05) is 53.0 Å². The summed E-state index contributed by atoms with van der Waals surface area (Å²) in [5.74, 6) is -0.947. The first-order valence-electron chi connectivity index (χ1n) is 11.8. The smallest absolute Gasteiger partial charge is 0.264 e. The number of sulfonamides is 1. The van der Waals surface area contributed by atoms with Crippen molar-refractivity contribution in [1.82, 2.24) is 10.2 Å². The molecule has 1 unspecified atom stereocenters. The summed E-state index contributed by atoms with van der Waals surface area (Å²) in [6.07, 6.45) is 0. The largest absolute Gasteiger partial charge is 0.355 e. The van der Waals surface area contributed by atoms with E-state index in [1.165, 1.54) is 29.2 Å². The Morgan fingerprint density at radius 3 is 2.24 bits per heavy atom. The number of benzene rings is 3. The molecule has 0 aliphatic rings. The SMILES string of the molecule is CCNC(=O)C(C)N(Cc1ccc(Cl)c(Cl)c1)C(=O)CN(c1cccc(C)c1)S(=O)(=O)c1ccc(Cl)cc1. The number of nitrogens with one attached hydrogen (secondary N) is 1. The second-order valence-electron chi connectivity index (χ2n) is 8.65. The van der Waals surface area contributed by atoms with Crippen molar-refractivity contribution in [2.24, 2.45) is 0 Å². The van der Waals surface area contributed by atoms with Crippen LogP contribution >= 0.6 is 34.8 Å². The van der Waals surface area contributed by atoms with Crippen LogP contribution < -0.4 is 9.62 Å². The van der Waals surface area contributed by atoms with E-state index >= 15 is 0 Å². The molecule has 0 saturated carbocycles. The van der Waals surface area contributed by atoms with E-state index in [0.717, 1.165) is 9.87 Å². The molecule has 0 fully saturated rings. The number of aryl methyl sites for hydroxylation is 1. The highest BCUT2D eigenvalue weighted by molar-refractivity contribution is 7.92. The quantitative estimate of drug-likeness (QED) is 0.325. The van der Waals surface area contributed by atoms with Crippen LogP contribution in [-0.2, 0) is 26.2 Å². The highest BCUT2D eigenvalue weighted by Crippen LogP contribution is 2.27. The number of halogens is 3. The Bertz CT molecular complexity index is 1420. The van der Waals surface area contributed by atoms with Crippen molar-refractivity contribution in [3.63, 3.8) is 0 Å². The van der Waals surface area contributed by atoms with Gasteiger partial charge in [0.2, 0.25) is 11.8 Å². The lowest BCUT2D eigenvalue weighted by molar-refractivity contribution is -0.139. The van der Waals surface area contributed by atoms with Gasteiger partial charge >= 0.3 is 0 Å². The third-order valence-corrected chi connectivity index (χ3v) is 8.60. The van der Waals surface area contributed by atoms with Crippen LogP contribution in [0.25, 0.3) is 0 Å². The number of amides is 2. The van der Waals surface area contributed by atoms with Gasteiger partial charge in [-0.15, -0.1) is 0 Å². The van der Waals surface area contributed by atoms with Crippen LogP contribution in [0.1, 0.15) is 25.0 Å². The Kier molecular flexibility index (Phi) is 10.1. The molecule has 0 aliphatic heterocycles. The van der Waals surface area contributed by atoms with E-state index < -0.39 is 28.5 Å². The molecule has 0 bridgehead atoms. The lowest BCUT2D eigenvalue weighted by Crippen LogP contribution is -2.51. The first-order chi connectivity index (χ1) is 17.9. The number of nitrogens with zero attached hydrogens (tertiary/aromatic N) is 2. The number of carbonyl (C=O) groups is 2. The molecule has 38 heavy (non-hydrogen) atoms. The van der Waals surface area contributed by atoms with Gasteiger partial charge in [0.15, 0.2) is 0 Å². The van der Waals surface area contributed by atoms with Crippen LogP contribution in [0, 0.1) is 6.92 Å². The average Bonchev–Trinajstić information content (AvgIpc) is 2.87. The third-order valence-electron chi connectivity index (χ3n) is 5.83. The Morgan fingerprint density at radius 2 is 1.63 bits per heavy atom. The zero-order chi connectivity index (χ0) is 28.0. The minimum absolute atomic E-state index is 0.0106. The van der Waals surface area contributed by atoms with Gasteiger partial charge in [0.1, 0.15) is 12.6 Å². The standard InChI is InChI=1S/C27H28Cl3N3O4S/c1-4-31-27(35)19(3)32(16-20-8-13-24(29)25(30)15-20)26(34)17-33(22-7-5-6-18(2)14-22)38(36,37)23-11-9-21(28)10-12-23/h5-15,19H,4,16-17H2,1-3H3,(H,31,35). The molecule has 202 valence electrons. The van der Waals surface area contributed by atoms with Crippen molar-refractivity contribution < 1.29 is 18.0 Å². The van der Waals surface area contributed by atoms with Gasteiger partial charge in [-0.3, -0.25) is 13.9 Å². The number of hydrogen-bond donors (Lipinski definition) is 1. The van der Waals surface area contributed by atoms with Gasteiger partial charge in [-0.05, 0) is 80.4 Å². The molecule has 0 aromatic heterocycles. The average molecular weight is 597 g/mol. The number of carbonyl (C=O) groups excluding carboxylic acids is 2. The molecule has 0 saturated heterocycles. The zero-order valence-electron chi connectivity index (χ0n) is 21.1. The van der Waals surface area contributed by atoms with Gasteiger partial charge in [-0.25, -0.2) is 8.42 Å². The van der Waals surface area contributed by atoms with Crippen molar-refractivity contribution in [3.05, 3.63) is 92.9 Å². The topological polar surface area (TPSA) is 86.8 Å². The van der Waals surface area contributed by atoms with Crippen molar-refractivity contribution in [3.8, 4) is 0 Å². The molecular formula is C27H28Cl3N3O4S. The molecular weight excluding hydrogens is 569 g/mol. The van der Waals surface area contributed by atoms with Crippen molar-refractivity contribution in [2.75, 3.05) is 17.4 Å². The molecule has 3 aromatic rings. The molecule has 3 aromatic carbocycles. The molecule has 1 atom stereocenters. The maximum Gasteiger partial charge on any atom is 0.264 e. The fourth-order valence-corrected chi connectivity index (χ4v) is 5.64. The highest BCUT2D eigenvalue weighted by atomic mass is 35.5. The Labute approximate surface area is 238 Å². The first-order valence-corrected chi connectivity index (χ1v) is 14.4. The van der Waals surface area contributed by atoms with Crippen LogP contribution in [0.4, 0.5) is 5.69 Å². The minimum Gasteiger partial charge on any atom is -0.355 e. The maximum absolute atomic E-state index is 13.8. The Hall–Kier alpha value is -2.78. The molecule has 0 heterocycles. The predicted octanol–water partition coefficient (Wildman–Crippen LogP) is 5.70. The number of anilines is 1. The summed E-state index contributed by atoms with van der Waals surface area (Å²) >= 11 is 18.2. The molecule has 1 N–H and O–H groups in total. The van der Waals surface area contributed by atoms with Gasteiger partial charge in [0.05, 0.1) is 20.6 Å². The van der Waals surface area contributed by atoms with E-state index in [1.54, 1.807) is 50.2 Å². The molecule has 3 rings (SSSR count). The second-order valence-corrected chi connectivity index (χ2v) is 11.8. The Balaban J connectivity index is 2.04. The summed E-state index contributed by atoms with van der Waals surface area (Å²) in [6, 6.07) is 16.6. The van der Waals surface area contributed by atoms with Crippen molar-refractivity contribution in [1.29, 1.82) is 0 Å². The van der Waals surface area contributed by atoms with Crippen molar-refractivity contribution in [2.45, 2.75) is 38.3 Å². The van der Waals surface area contributed by atoms with Crippen molar-refractivity contribution >= 4 is 62.3 Å². The number of rotatable bonds is 10. The molecule has 0 aliphatic carbocycles. The van der Waals surface area contributed by atoms with E-state index in [9.17, 15) is 18.0 Å². The second kappa shape index (κ2) is 12.8. The lowest BCUT2D eigenvalue weighted by Gasteiger charge is -2.32. The monoisotopic (exact) mass is 595 g/mol. The van der Waals surface area contributed by atoms with Gasteiger partial charge in [0.25, 0.3) is 10.0 Å². The molecule has 0 radical (unpaired) electrons. The summed E-state index contributed by atoms with van der Waals surface area (Å²) in [4.78, 5) is 27.9. The van der Waals surface area contributed by atoms with E-state index in [-0.39, 0.29) is 17.3 Å². The molecule has 11 heteroatoms.